The molecule has 1 aliphatic heterocycles. The summed E-state index contributed by atoms with van der Waals surface area (Å²) in [5.74, 6) is -0.703. The molecule has 0 bridgehead atoms. The van der Waals surface area contributed by atoms with Crippen LogP contribution in [0.15, 0.2) is 0 Å². The van der Waals surface area contributed by atoms with Crippen molar-refractivity contribution in [2.24, 2.45) is 11.8 Å². The van der Waals surface area contributed by atoms with E-state index < -0.39 is 5.97 Å². The molecule has 1 saturated heterocycles. The van der Waals surface area contributed by atoms with Crippen molar-refractivity contribution in [3.8, 4) is 0 Å². The van der Waals surface area contributed by atoms with Crippen molar-refractivity contribution in [1.29, 1.82) is 0 Å². The molecule has 0 radical (unpaired) electrons. The van der Waals surface area contributed by atoms with Gasteiger partial charge in [-0.1, -0.05) is 6.92 Å². The van der Waals surface area contributed by atoms with Crippen LogP contribution in [0.4, 0.5) is 0 Å². The fourth-order valence-corrected chi connectivity index (χ4v) is 1.69. The highest BCUT2D eigenvalue weighted by molar-refractivity contribution is 5.69. The molecule has 0 spiro atoms. The topological polar surface area (TPSA) is 60.8 Å². The summed E-state index contributed by atoms with van der Waals surface area (Å²) in [6.45, 7) is 4.30. The van der Waals surface area contributed by atoms with Crippen LogP contribution in [0, 0.1) is 11.8 Å². The largest absolute Gasteiger partial charge is 0.481 e. The number of nitrogens with zero attached hydrogens (tertiary/aromatic N) is 1. The number of hydrogen-bond donors (Lipinski definition) is 2. The Balaban J connectivity index is 2.27. The second-order valence-electron chi connectivity index (χ2n) is 3.84. The number of carboxylic acids is 1. The van der Waals surface area contributed by atoms with E-state index in [0.29, 0.717) is 12.5 Å². The van der Waals surface area contributed by atoms with Gasteiger partial charge in [-0.3, -0.25) is 4.79 Å². The van der Waals surface area contributed by atoms with Gasteiger partial charge in [-0.25, -0.2) is 0 Å². The Bertz CT molecular complexity index is 184. The Morgan fingerprint density at radius 2 is 2.38 bits per heavy atom. The second-order valence-corrected chi connectivity index (χ2v) is 3.84. The first-order valence-electron chi connectivity index (χ1n) is 4.69. The van der Waals surface area contributed by atoms with Gasteiger partial charge in [0.25, 0.3) is 0 Å². The van der Waals surface area contributed by atoms with Crippen molar-refractivity contribution >= 4 is 5.97 Å². The monoisotopic (exact) mass is 187 g/mol. The quantitative estimate of drug-likeness (QED) is 0.651. The second kappa shape index (κ2) is 4.58. The molecule has 1 aliphatic rings. The zero-order valence-electron chi connectivity index (χ0n) is 7.94. The SMILES string of the molecule is CC(CN1CCC(CO)C1)C(=O)O. The normalized spacial score (nSPS) is 26.2. The number of aliphatic carboxylic acids is 1. The van der Waals surface area contributed by atoms with Crippen LogP contribution in [-0.2, 0) is 4.79 Å². The maximum absolute atomic E-state index is 10.6. The molecule has 4 heteroatoms. The van der Waals surface area contributed by atoms with Crippen LogP contribution < -0.4 is 0 Å². The molecule has 1 fully saturated rings. The summed E-state index contributed by atoms with van der Waals surface area (Å²) >= 11 is 0. The molecule has 0 aromatic heterocycles. The molecule has 0 aromatic rings. The predicted molar refractivity (Wildman–Crippen MR) is 48.4 cm³/mol. The molecule has 0 saturated carbocycles. The fourth-order valence-electron chi connectivity index (χ4n) is 1.69. The Hall–Kier alpha value is -0.610. The molecule has 2 unspecified atom stereocenters. The minimum absolute atomic E-state index is 0.220. The highest BCUT2D eigenvalue weighted by atomic mass is 16.4. The highest BCUT2D eigenvalue weighted by Gasteiger charge is 2.24. The van der Waals surface area contributed by atoms with Crippen molar-refractivity contribution in [2.75, 3.05) is 26.2 Å². The van der Waals surface area contributed by atoms with Crippen LogP contribution in [0.25, 0.3) is 0 Å². The maximum atomic E-state index is 10.6. The summed E-state index contributed by atoms with van der Waals surface area (Å²) in [6.07, 6.45) is 0.989. The van der Waals surface area contributed by atoms with Crippen molar-refractivity contribution in [2.45, 2.75) is 13.3 Å². The molecule has 76 valence electrons. The molecule has 0 aliphatic carbocycles. The molecule has 13 heavy (non-hydrogen) atoms. The molecular weight excluding hydrogens is 170 g/mol. The Morgan fingerprint density at radius 1 is 1.69 bits per heavy atom. The average Bonchev–Trinajstić information content (AvgIpc) is 2.52. The first-order valence-corrected chi connectivity index (χ1v) is 4.69. The molecule has 2 atom stereocenters. The Kier molecular flexibility index (Phi) is 3.69. The van der Waals surface area contributed by atoms with Gasteiger partial charge in [0.05, 0.1) is 5.92 Å². The van der Waals surface area contributed by atoms with E-state index in [4.69, 9.17) is 10.2 Å². The van der Waals surface area contributed by atoms with Crippen LogP contribution in [0.1, 0.15) is 13.3 Å². The van der Waals surface area contributed by atoms with E-state index in [0.717, 1.165) is 19.5 Å². The highest BCUT2D eigenvalue weighted by Crippen LogP contribution is 2.16. The van der Waals surface area contributed by atoms with Gasteiger partial charge in [0.2, 0.25) is 0 Å². The smallest absolute Gasteiger partial charge is 0.307 e. The third-order valence-corrected chi connectivity index (χ3v) is 2.58. The molecule has 4 nitrogen and oxygen atoms in total. The zero-order chi connectivity index (χ0) is 9.84. The average molecular weight is 187 g/mol. The third-order valence-electron chi connectivity index (χ3n) is 2.58. The van der Waals surface area contributed by atoms with Gasteiger partial charge >= 0.3 is 5.97 Å². The van der Waals surface area contributed by atoms with E-state index in [1.807, 2.05) is 0 Å². The molecule has 1 rings (SSSR count). The van der Waals surface area contributed by atoms with Crippen LogP contribution in [0.2, 0.25) is 0 Å². The summed E-state index contributed by atoms with van der Waals surface area (Å²) in [6, 6.07) is 0. The van der Waals surface area contributed by atoms with E-state index in [1.54, 1.807) is 6.92 Å². The van der Waals surface area contributed by atoms with Crippen LogP contribution in [0.5, 0.6) is 0 Å². The zero-order valence-corrected chi connectivity index (χ0v) is 7.94. The van der Waals surface area contributed by atoms with Crippen molar-refractivity contribution < 1.29 is 15.0 Å². The lowest BCUT2D eigenvalue weighted by Crippen LogP contribution is -2.30. The van der Waals surface area contributed by atoms with E-state index in [1.165, 1.54) is 0 Å². The molecule has 0 amide bonds. The molecule has 1 heterocycles. The maximum Gasteiger partial charge on any atom is 0.307 e. The van der Waals surface area contributed by atoms with Gasteiger partial charge in [0, 0.05) is 19.7 Å². The lowest BCUT2D eigenvalue weighted by Gasteiger charge is -2.17. The number of likely N-dealkylation sites (tertiary alicyclic amines) is 1. The van der Waals surface area contributed by atoms with Crippen LogP contribution in [0.3, 0.4) is 0 Å². The lowest BCUT2D eigenvalue weighted by molar-refractivity contribution is -0.141. The fraction of sp³-hybridized carbons (Fsp3) is 0.889. The van der Waals surface area contributed by atoms with Crippen LogP contribution >= 0.6 is 0 Å². The van der Waals surface area contributed by atoms with Gasteiger partial charge in [-0.2, -0.15) is 0 Å². The number of rotatable bonds is 4. The van der Waals surface area contributed by atoms with Crippen LogP contribution in [-0.4, -0.2) is 47.3 Å². The van der Waals surface area contributed by atoms with Gasteiger partial charge in [-0.15, -0.1) is 0 Å². The Morgan fingerprint density at radius 3 is 2.85 bits per heavy atom. The summed E-state index contributed by atoms with van der Waals surface area (Å²) in [4.78, 5) is 12.7. The molecule has 0 aromatic carbocycles. The van der Waals surface area contributed by atoms with Gasteiger partial charge in [-0.05, 0) is 18.9 Å². The van der Waals surface area contributed by atoms with E-state index in [2.05, 4.69) is 4.90 Å². The van der Waals surface area contributed by atoms with E-state index in [9.17, 15) is 4.79 Å². The minimum atomic E-state index is -0.743. The minimum Gasteiger partial charge on any atom is -0.481 e. The van der Waals surface area contributed by atoms with Gasteiger partial charge < -0.3 is 15.1 Å². The predicted octanol–water partition coefficient (Wildman–Crippen LogP) is 0.0213. The summed E-state index contributed by atoms with van der Waals surface area (Å²) in [5.41, 5.74) is 0. The number of carbonyl (C=O) groups is 1. The first kappa shape index (κ1) is 10.5. The summed E-state index contributed by atoms with van der Waals surface area (Å²) < 4.78 is 0. The van der Waals surface area contributed by atoms with Crippen molar-refractivity contribution in [3.05, 3.63) is 0 Å². The lowest BCUT2D eigenvalue weighted by atomic mass is 10.1. The number of hydrogen-bond acceptors (Lipinski definition) is 3. The van der Waals surface area contributed by atoms with Crippen molar-refractivity contribution in [3.63, 3.8) is 0 Å². The Labute approximate surface area is 78.2 Å². The first-order chi connectivity index (χ1) is 6.13. The number of carboxylic acid groups (broad SMARTS) is 1. The summed E-state index contributed by atoms with van der Waals surface area (Å²) in [7, 11) is 0. The molecule has 2 N–H and O–H groups in total. The van der Waals surface area contributed by atoms with Gasteiger partial charge in [0.1, 0.15) is 0 Å². The molecular formula is C9H17NO3. The third kappa shape index (κ3) is 2.97. The van der Waals surface area contributed by atoms with E-state index >= 15 is 0 Å². The number of aliphatic hydroxyl groups excluding tert-OH is 1. The number of aliphatic hydroxyl groups is 1. The van der Waals surface area contributed by atoms with Gasteiger partial charge in [0.15, 0.2) is 0 Å². The van der Waals surface area contributed by atoms with E-state index in [-0.39, 0.29) is 12.5 Å². The van der Waals surface area contributed by atoms with Crippen molar-refractivity contribution in [1.82, 2.24) is 4.90 Å². The summed E-state index contributed by atoms with van der Waals surface area (Å²) in [5, 5.41) is 17.6. The standard InChI is InChI=1S/C9H17NO3/c1-7(9(12)13)4-10-3-2-8(5-10)6-11/h7-8,11H,2-6H2,1H3,(H,12,13).